The zero-order chi connectivity index (χ0) is 11.7. The van der Waals surface area contributed by atoms with E-state index in [0.29, 0.717) is 14.9 Å². The Morgan fingerprint density at radius 2 is 2.19 bits per heavy atom. The first-order valence-corrected chi connectivity index (χ1v) is 5.91. The smallest absolute Gasteiger partial charge is 0.277 e. The number of hydrogen-bond donors (Lipinski definition) is 1. The third-order valence-electron chi connectivity index (χ3n) is 1.99. The molecule has 0 aliphatic heterocycles. The molecular weight excluding hydrogens is 269 g/mol. The van der Waals surface area contributed by atoms with Gasteiger partial charge in [-0.1, -0.05) is 29.3 Å². The molecular formula is C10H7Cl2NO2S. The van der Waals surface area contributed by atoms with E-state index in [1.807, 2.05) is 0 Å². The molecule has 84 valence electrons. The quantitative estimate of drug-likeness (QED) is 0.852. The molecule has 2 aromatic rings. The summed E-state index contributed by atoms with van der Waals surface area (Å²) >= 11 is 13.2. The Balaban J connectivity index is 2.55. The van der Waals surface area contributed by atoms with E-state index in [1.165, 1.54) is 18.4 Å². The summed E-state index contributed by atoms with van der Waals surface area (Å²) < 4.78 is 0.874. The molecule has 1 aromatic carbocycles. The molecule has 2 rings (SSSR count). The highest BCUT2D eigenvalue weighted by atomic mass is 35.5. The van der Waals surface area contributed by atoms with E-state index in [9.17, 15) is 4.79 Å². The number of halogens is 2. The summed E-state index contributed by atoms with van der Waals surface area (Å²) in [6, 6.07) is 5.30. The van der Waals surface area contributed by atoms with Gasteiger partial charge >= 0.3 is 0 Å². The molecule has 6 heteroatoms. The van der Waals surface area contributed by atoms with Crippen molar-refractivity contribution in [2.24, 2.45) is 0 Å². The summed E-state index contributed by atoms with van der Waals surface area (Å²) in [5.74, 6) is -0.357. The van der Waals surface area contributed by atoms with Crippen LogP contribution in [0, 0.1) is 0 Å². The van der Waals surface area contributed by atoms with E-state index >= 15 is 0 Å². The van der Waals surface area contributed by atoms with Crippen LogP contribution < -0.4 is 5.48 Å². The molecule has 1 heterocycles. The van der Waals surface area contributed by atoms with Gasteiger partial charge in [0.1, 0.15) is 4.88 Å². The van der Waals surface area contributed by atoms with Gasteiger partial charge in [0, 0.05) is 15.1 Å². The number of fused-ring (bicyclic) bond motifs is 1. The monoisotopic (exact) mass is 275 g/mol. The lowest BCUT2D eigenvalue weighted by Crippen LogP contribution is -2.20. The van der Waals surface area contributed by atoms with Gasteiger partial charge in [-0.05, 0) is 12.1 Å². The summed E-state index contributed by atoms with van der Waals surface area (Å²) in [6.45, 7) is 0. The number of carbonyl (C=O) groups excluding carboxylic acids is 1. The van der Waals surface area contributed by atoms with Crippen LogP contribution >= 0.6 is 34.5 Å². The average Bonchev–Trinajstić information content (AvgIpc) is 2.56. The van der Waals surface area contributed by atoms with Crippen molar-refractivity contribution in [2.45, 2.75) is 0 Å². The molecule has 1 amide bonds. The molecule has 0 saturated heterocycles. The number of benzene rings is 1. The number of hydrogen-bond acceptors (Lipinski definition) is 3. The normalized spacial score (nSPS) is 10.7. The Hall–Kier alpha value is -0.810. The Kier molecular flexibility index (Phi) is 3.35. The topological polar surface area (TPSA) is 38.3 Å². The summed E-state index contributed by atoms with van der Waals surface area (Å²) in [6.07, 6.45) is 0. The van der Waals surface area contributed by atoms with Crippen molar-refractivity contribution in [1.29, 1.82) is 0 Å². The Labute approximate surface area is 106 Å². The van der Waals surface area contributed by atoms with E-state index in [-0.39, 0.29) is 5.91 Å². The van der Waals surface area contributed by atoms with Crippen LogP contribution in [-0.4, -0.2) is 13.0 Å². The molecule has 0 radical (unpaired) electrons. The molecule has 0 saturated carbocycles. The lowest BCUT2D eigenvalue weighted by atomic mass is 10.2. The van der Waals surface area contributed by atoms with Crippen LogP contribution in [0.3, 0.4) is 0 Å². The maximum atomic E-state index is 11.6. The number of carbonyl (C=O) groups is 1. The van der Waals surface area contributed by atoms with E-state index in [4.69, 9.17) is 23.2 Å². The van der Waals surface area contributed by atoms with Crippen molar-refractivity contribution in [3.8, 4) is 0 Å². The lowest BCUT2D eigenvalue weighted by Gasteiger charge is -1.98. The van der Waals surface area contributed by atoms with Crippen LogP contribution in [0.5, 0.6) is 0 Å². The second-order valence-corrected chi connectivity index (χ2v) is 4.89. The fourth-order valence-electron chi connectivity index (χ4n) is 1.32. The van der Waals surface area contributed by atoms with E-state index in [1.54, 1.807) is 18.2 Å². The molecule has 0 bridgehead atoms. The predicted octanol–water partition coefficient (Wildman–Crippen LogP) is 3.50. The molecule has 0 fully saturated rings. The van der Waals surface area contributed by atoms with E-state index in [2.05, 4.69) is 10.3 Å². The number of amides is 1. The highest BCUT2D eigenvalue weighted by Gasteiger charge is 2.16. The zero-order valence-corrected chi connectivity index (χ0v) is 10.5. The fraction of sp³-hybridized carbons (Fsp3) is 0.100. The molecule has 1 aromatic heterocycles. The van der Waals surface area contributed by atoms with Gasteiger partial charge in [-0.3, -0.25) is 9.63 Å². The zero-order valence-electron chi connectivity index (χ0n) is 8.21. The Bertz CT molecular complexity index is 553. The van der Waals surface area contributed by atoms with Gasteiger partial charge in [0.05, 0.1) is 12.1 Å². The van der Waals surface area contributed by atoms with Crippen molar-refractivity contribution in [3.05, 3.63) is 33.1 Å². The van der Waals surface area contributed by atoms with Gasteiger partial charge in [-0.2, -0.15) is 0 Å². The van der Waals surface area contributed by atoms with E-state index < -0.39 is 0 Å². The van der Waals surface area contributed by atoms with Crippen LogP contribution in [0.2, 0.25) is 10.0 Å². The summed E-state index contributed by atoms with van der Waals surface area (Å²) in [5.41, 5.74) is 2.23. The Morgan fingerprint density at radius 1 is 1.44 bits per heavy atom. The van der Waals surface area contributed by atoms with Gasteiger partial charge in [-0.15, -0.1) is 11.3 Å². The van der Waals surface area contributed by atoms with Gasteiger partial charge < -0.3 is 0 Å². The summed E-state index contributed by atoms with van der Waals surface area (Å²) in [5, 5.41) is 1.85. The maximum Gasteiger partial charge on any atom is 0.286 e. The first kappa shape index (κ1) is 11.7. The average molecular weight is 276 g/mol. The highest BCUT2D eigenvalue weighted by molar-refractivity contribution is 7.21. The second kappa shape index (κ2) is 4.59. The van der Waals surface area contributed by atoms with Crippen LogP contribution in [0.15, 0.2) is 18.2 Å². The molecule has 1 N–H and O–H groups in total. The van der Waals surface area contributed by atoms with Gasteiger partial charge in [0.2, 0.25) is 0 Å². The lowest BCUT2D eigenvalue weighted by molar-refractivity contribution is 0.0542. The Morgan fingerprint density at radius 3 is 2.88 bits per heavy atom. The summed E-state index contributed by atoms with van der Waals surface area (Å²) in [4.78, 5) is 16.5. The minimum atomic E-state index is -0.357. The van der Waals surface area contributed by atoms with Gasteiger partial charge in [-0.25, -0.2) is 5.48 Å². The second-order valence-electron chi connectivity index (χ2n) is 3.02. The highest BCUT2D eigenvalue weighted by Crippen LogP contribution is 2.36. The van der Waals surface area contributed by atoms with Crippen molar-refractivity contribution in [2.75, 3.05) is 7.11 Å². The third-order valence-corrected chi connectivity index (χ3v) is 3.88. The maximum absolute atomic E-state index is 11.6. The van der Waals surface area contributed by atoms with Crippen LogP contribution in [0.4, 0.5) is 0 Å². The third kappa shape index (κ3) is 2.01. The largest absolute Gasteiger partial charge is 0.286 e. The van der Waals surface area contributed by atoms with Crippen molar-refractivity contribution < 1.29 is 9.63 Å². The van der Waals surface area contributed by atoms with Crippen LogP contribution in [0.1, 0.15) is 9.67 Å². The number of rotatable bonds is 2. The number of thiophene rings is 1. The predicted molar refractivity (Wildman–Crippen MR) is 66.3 cm³/mol. The van der Waals surface area contributed by atoms with Crippen LogP contribution in [0.25, 0.3) is 10.1 Å². The number of nitrogens with one attached hydrogen (secondary N) is 1. The standard InChI is InChI=1S/C10H7Cl2NO2S/c1-15-13-10(14)9-8(12)6-3-2-5(11)4-7(6)16-9/h2-4H,1H3,(H,13,14). The number of hydroxylamine groups is 1. The van der Waals surface area contributed by atoms with Crippen molar-refractivity contribution in [3.63, 3.8) is 0 Å². The molecule has 0 spiro atoms. The molecule has 16 heavy (non-hydrogen) atoms. The fourth-order valence-corrected chi connectivity index (χ4v) is 3.00. The molecule has 3 nitrogen and oxygen atoms in total. The van der Waals surface area contributed by atoms with Gasteiger partial charge in [0.25, 0.3) is 5.91 Å². The minimum absolute atomic E-state index is 0.357. The first-order chi connectivity index (χ1) is 7.63. The van der Waals surface area contributed by atoms with Crippen molar-refractivity contribution in [1.82, 2.24) is 5.48 Å². The first-order valence-electron chi connectivity index (χ1n) is 4.34. The van der Waals surface area contributed by atoms with Crippen LogP contribution in [-0.2, 0) is 4.84 Å². The molecule has 0 aliphatic rings. The molecule has 0 aliphatic carbocycles. The van der Waals surface area contributed by atoms with E-state index in [0.717, 1.165) is 10.1 Å². The molecule has 0 atom stereocenters. The molecule has 0 unspecified atom stereocenters. The van der Waals surface area contributed by atoms with Gasteiger partial charge in [0.15, 0.2) is 0 Å². The minimum Gasteiger partial charge on any atom is -0.277 e. The van der Waals surface area contributed by atoms with Crippen molar-refractivity contribution >= 4 is 50.5 Å². The SMILES string of the molecule is CONC(=O)c1sc2cc(Cl)ccc2c1Cl. The summed E-state index contributed by atoms with van der Waals surface area (Å²) in [7, 11) is 1.37.